The molecule has 2 aromatic carbocycles. The predicted molar refractivity (Wildman–Crippen MR) is 101 cm³/mol. The van der Waals surface area contributed by atoms with E-state index in [9.17, 15) is 18.4 Å². The van der Waals surface area contributed by atoms with Crippen LogP contribution >= 0.6 is 0 Å². The van der Waals surface area contributed by atoms with Crippen molar-refractivity contribution in [1.29, 1.82) is 0 Å². The number of anilines is 1. The molecule has 1 aliphatic heterocycles. The SMILES string of the molecule is CC(C)Oc1ccc([C@H]2CN(C)C(=O)[C@@H]2C(=O)Nc2ccc(F)cc2F)cc1. The van der Waals surface area contributed by atoms with Crippen molar-refractivity contribution in [2.24, 2.45) is 5.92 Å². The predicted octanol–water partition coefficient (Wildman–Crippen LogP) is 3.56. The Labute approximate surface area is 162 Å². The minimum absolute atomic E-state index is 0.0363. The molecule has 0 radical (unpaired) electrons. The van der Waals surface area contributed by atoms with Gasteiger partial charge in [0.25, 0.3) is 0 Å². The van der Waals surface area contributed by atoms with Crippen LogP contribution in [-0.4, -0.2) is 36.4 Å². The van der Waals surface area contributed by atoms with E-state index in [-0.39, 0.29) is 23.6 Å². The zero-order chi connectivity index (χ0) is 20.4. The lowest BCUT2D eigenvalue weighted by atomic mass is 9.88. The first-order valence-corrected chi connectivity index (χ1v) is 9.03. The summed E-state index contributed by atoms with van der Waals surface area (Å²) in [7, 11) is 1.62. The molecule has 0 unspecified atom stereocenters. The van der Waals surface area contributed by atoms with E-state index in [2.05, 4.69) is 5.32 Å². The van der Waals surface area contributed by atoms with Gasteiger partial charge in [0.05, 0.1) is 11.8 Å². The summed E-state index contributed by atoms with van der Waals surface area (Å²) in [5.74, 6) is -3.27. The molecule has 1 heterocycles. The maximum atomic E-state index is 13.9. The number of likely N-dealkylation sites (N-methyl/N-ethyl adjacent to an activating group) is 1. The number of amides is 2. The second-order valence-corrected chi connectivity index (χ2v) is 7.15. The van der Waals surface area contributed by atoms with Crippen LogP contribution in [0.4, 0.5) is 14.5 Å². The van der Waals surface area contributed by atoms with Gasteiger partial charge in [-0.05, 0) is 43.7 Å². The molecule has 0 aromatic heterocycles. The van der Waals surface area contributed by atoms with E-state index < -0.39 is 23.5 Å². The second-order valence-electron chi connectivity index (χ2n) is 7.15. The summed E-state index contributed by atoms with van der Waals surface area (Å²) in [6.07, 6.45) is 0.0363. The van der Waals surface area contributed by atoms with E-state index in [4.69, 9.17) is 4.74 Å². The third kappa shape index (κ3) is 4.13. The van der Waals surface area contributed by atoms with Gasteiger partial charge in [-0.25, -0.2) is 8.78 Å². The molecular formula is C21H22F2N2O3. The summed E-state index contributed by atoms with van der Waals surface area (Å²) in [5.41, 5.74) is 0.654. The fourth-order valence-corrected chi connectivity index (χ4v) is 3.36. The minimum atomic E-state index is -0.994. The maximum absolute atomic E-state index is 13.9. The number of carbonyl (C=O) groups is 2. The van der Waals surface area contributed by atoms with Crippen molar-refractivity contribution in [3.05, 3.63) is 59.7 Å². The number of nitrogens with zero attached hydrogens (tertiary/aromatic N) is 1. The molecule has 0 saturated carbocycles. The zero-order valence-corrected chi connectivity index (χ0v) is 15.9. The number of halogens is 2. The molecule has 2 amide bonds. The van der Waals surface area contributed by atoms with Crippen molar-refractivity contribution in [3.8, 4) is 5.75 Å². The Morgan fingerprint density at radius 3 is 2.46 bits per heavy atom. The highest BCUT2D eigenvalue weighted by Crippen LogP contribution is 2.35. The summed E-state index contributed by atoms with van der Waals surface area (Å²) in [6.45, 7) is 4.22. The van der Waals surface area contributed by atoms with Gasteiger partial charge in [0, 0.05) is 25.6 Å². The molecule has 1 N–H and O–H groups in total. The second kappa shape index (κ2) is 7.96. The van der Waals surface area contributed by atoms with E-state index in [1.807, 2.05) is 26.0 Å². The van der Waals surface area contributed by atoms with Crippen molar-refractivity contribution in [1.82, 2.24) is 4.90 Å². The van der Waals surface area contributed by atoms with Crippen LogP contribution in [0.1, 0.15) is 25.3 Å². The Kier molecular flexibility index (Phi) is 5.63. The lowest BCUT2D eigenvalue weighted by Gasteiger charge is -2.18. The molecule has 7 heteroatoms. The van der Waals surface area contributed by atoms with Gasteiger partial charge in [-0.2, -0.15) is 0 Å². The van der Waals surface area contributed by atoms with Gasteiger partial charge >= 0.3 is 0 Å². The summed E-state index contributed by atoms with van der Waals surface area (Å²) in [4.78, 5) is 26.8. The van der Waals surface area contributed by atoms with Gasteiger partial charge in [-0.3, -0.25) is 9.59 Å². The van der Waals surface area contributed by atoms with E-state index in [1.54, 1.807) is 19.2 Å². The van der Waals surface area contributed by atoms with Crippen LogP contribution in [0.5, 0.6) is 5.75 Å². The van der Waals surface area contributed by atoms with E-state index >= 15 is 0 Å². The molecule has 1 fully saturated rings. The standard InChI is InChI=1S/C21H22F2N2O3/c1-12(2)28-15-7-4-13(5-8-15)16-11-25(3)21(27)19(16)20(26)24-18-9-6-14(22)10-17(18)23/h4-10,12,16,19H,11H2,1-3H3,(H,24,26)/t16-,19+/m1/s1. The fraction of sp³-hybridized carbons (Fsp3) is 0.333. The molecule has 0 spiro atoms. The van der Waals surface area contributed by atoms with E-state index in [1.165, 1.54) is 4.90 Å². The van der Waals surface area contributed by atoms with Gasteiger partial charge in [0.1, 0.15) is 23.3 Å². The van der Waals surface area contributed by atoms with E-state index in [0.717, 1.165) is 17.7 Å². The Morgan fingerprint density at radius 2 is 1.86 bits per heavy atom. The molecular weight excluding hydrogens is 366 g/mol. The number of carbonyl (C=O) groups excluding carboxylic acids is 2. The molecule has 0 aliphatic carbocycles. The summed E-state index contributed by atoms with van der Waals surface area (Å²) in [6, 6.07) is 10.1. The maximum Gasteiger partial charge on any atom is 0.237 e. The Morgan fingerprint density at radius 1 is 1.18 bits per heavy atom. The smallest absolute Gasteiger partial charge is 0.237 e. The Bertz CT molecular complexity index is 884. The number of likely N-dealkylation sites (tertiary alicyclic amines) is 1. The van der Waals surface area contributed by atoms with Crippen LogP contribution < -0.4 is 10.1 Å². The molecule has 2 atom stereocenters. The normalized spacial score (nSPS) is 19.2. The molecule has 5 nitrogen and oxygen atoms in total. The highest BCUT2D eigenvalue weighted by atomic mass is 19.1. The summed E-state index contributed by atoms with van der Waals surface area (Å²) < 4.78 is 32.6. The third-order valence-electron chi connectivity index (χ3n) is 4.67. The molecule has 1 aliphatic rings. The van der Waals surface area contributed by atoms with Gasteiger partial charge in [0.15, 0.2) is 0 Å². The number of hydrogen-bond donors (Lipinski definition) is 1. The zero-order valence-electron chi connectivity index (χ0n) is 15.9. The average Bonchev–Trinajstić information content (AvgIpc) is 2.92. The first-order valence-electron chi connectivity index (χ1n) is 9.03. The van der Waals surface area contributed by atoms with Crippen LogP contribution in [0.25, 0.3) is 0 Å². The molecule has 0 bridgehead atoms. The molecule has 28 heavy (non-hydrogen) atoms. The van der Waals surface area contributed by atoms with Crippen molar-refractivity contribution in [2.45, 2.75) is 25.9 Å². The van der Waals surface area contributed by atoms with Crippen LogP contribution in [0.15, 0.2) is 42.5 Å². The number of rotatable bonds is 5. The first kappa shape index (κ1) is 19.8. The number of nitrogens with one attached hydrogen (secondary N) is 1. The van der Waals surface area contributed by atoms with Crippen LogP contribution in [-0.2, 0) is 9.59 Å². The first-order chi connectivity index (χ1) is 13.3. The molecule has 148 valence electrons. The van der Waals surface area contributed by atoms with Gasteiger partial charge in [0.2, 0.25) is 11.8 Å². The van der Waals surface area contributed by atoms with Crippen molar-refractivity contribution < 1.29 is 23.1 Å². The third-order valence-corrected chi connectivity index (χ3v) is 4.67. The highest BCUT2D eigenvalue weighted by Gasteiger charge is 2.44. The van der Waals surface area contributed by atoms with Crippen LogP contribution in [0, 0.1) is 17.6 Å². The van der Waals surface area contributed by atoms with Crippen LogP contribution in [0.3, 0.4) is 0 Å². The largest absolute Gasteiger partial charge is 0.491 e. The van der Waals surface area contributed by atoms with Gasteiger partial charge < -0.3 is 15.0 Å². The van der Waals surface area contributed by atoms with Gasteiger partial charge in [-0.15, -0.1) is 0 Å². The van der Waals surface area contributed by atoms with Crippen LogP contribution in [0.2, 0.25) is 0 Å². The number of hydrogen-bond acceptors (Lipinski definition) is 3. The number of ether oxygens (including phenoxy) is 1. The highest BCUT2D eigenvalue weighted by molar-refractivity contribution is 6.08. The Balaban J connectivity index is 1.82. The quantitative estimate of drug-likeness (QED) is 0.797. The van der Waals surface area contributed by atoms with Crippen molar-refractivity contribution in [2.75, 3.05) is 18.9 Å². The lowest BCUT2D eigenvalue weighted by molar-refractivity contribution is -0.135. The minimum Gasteiger partial charge on any atom is -0.491 e. The monoisotopic (exact) mass is 388 g/mol. The van der Waals surface area contributed by atoms with Crippen molar-refractivity contribution in [3.63, 3.8) is 0 Å². The van der Waals surface area contributed by atoms with Crippen molar-refractivity contribution >= 4 is 17.5 Å². The lowest BCUT2D eigenvalue weighted by Crippen LogP contribution is -2.33. The van der Waals surface area contributed by atoms with Gasteiger partial charge in [-0.1, -0.05) is 12.1 Å². The molecule has 3 rings (SSSR count). The fourth-order valence-electron chi connectivity index (χ4n) is 3.36. The van der Waals surface area contributed by atoms with E-state index in [0.29, 0.717) is 18.4 Å². The summed E-state index contributed by atoms with van der Waals surface area (Å²) >= 11 is 0. The summed E-state index contributed by atoms with van der Waals surface area (Å²) in [5, 5.41) is 2.41. The molecule has 1 saturated heterocycles. The number of benzene rings is 2. The average molecular weight is 388 g/mol. The Hall–Kier alpha value is -2.96. The topological polar surface area (TPSA) is 58.6 Å². The molecule has 2 aromatic rings.